The number of hydrogen-bond acceptors (Lipinski definition) is 4. The summed E-state index contributed by atoms with van der Waals surface area (Å²) in [5, 5.41) is 11.9. The van der Waals surface area contributed by atoms with Gasteiger partial charge >= 0.3 is 0 Å². The van der Waals surface area contributed by atoms with E-state index in [1.807, 2.05) is 18.2 Å². The summed E-state index contributed by atoms with van der Waals surface area (Å²) in [5.74, 6) is 2.81. The highest BCUT2D eigenvalue weighted by atomic mass is 32.2. The molecule has 1 saturated carbocycles. The SMILES string of the molecule is COc1ccc(/C(N)=N/O)c(SCC2CCCC2)c1. The molecule has 1 aromatic rings. The molecule has 3 N–H and O–H groups in total. The van der Waals surface area contributed by atoms with Gasteiger partial charge in [0.15, 0.2) is 5.84 Å². The van der Waals surface area contributed by atoms with Crippen molar-refractivity contribution in [1.82, 2.24) is 0 Å². The number of hydrogen-bond donors (Lipinski definition) is 2. The molecule has 0 amide bonds. The second kappa shape index (κ2) is 6.70. The molecule has 0 bridgehead atoms. The van der Waals surface area contributed by atoms with Gasteiger partial charge in [0, 0.05) is 16.2 Å². The van der Waals surface area contributed by atoms with Gasteiger partial charge in [-0.15, -0.1) is 11.8 Å². The Bertz CT molecular complexity index is 457. The number of rotatable bonds is 5. The Morgan fingerprint density at radius 2 is 2.21 bits per heavy atom. The first kappa shape index (κ1) is 14.1. The fourth-order valence-corrected chi connectivity index (χ4v) is 3.68. The molecule has 1 aromatic carbocycles. The van der Waals surface area contributed by atoms with Crippen molar-refractivity contribution >= 4 is 17.6 Å². The minimum Gasteiger partial charge on any atom is -0.497 e. The summed E-state index contributed by atoms with van der Waals surface area (Å²) in [4.78, 5) is 1.02. The zero-order valence-electron chi connectivity index (χ0n) is 11.1. The first-order chi connectivity index (χ1) is 9.24. The first-order valence-corrected chi connectivity index (χ1v) is 7.52. The molecular formula is C14H20N2O2S. The number of methoxy groups -OCH3 is 1. The van der Waals surface area contributed by atoms with E-state index >= 15 is 0 Å². The smallest absolute Gasteiger partial charge is 0.171 e. The molecule has 4 nitrogen and oxygen atoms in total. The van der Waals surface area contributed by atoms with Gasteiger partial charge in [-0.3, -0.25) is 0 Å². The minimum absolute atomic E-state index is 0.150. The molecule has 104 valence electrons. The largest absolute Gasteiger partial charge is 0.497 e. The Kier molecular flexibility index (Phi) is 4.96. The van der Waals surface area contributed by atoms with Crippen molar-refractivity contribution in [2.24, 2.45) is 16.8 Å². The van der Waals surface area contributed by atoms with Gasteiger partial charge in [0.05, 0.1) is 7.11 Å². The van der Waals surface area contributed by atoms with Gasteiger partial charge in [-0.05, 0) is 37.0 Å². The minimum atomic E-state index is 0.150. The van der Waals surface area contributed by atoms with E-state index < -0.39 is 0 Å². The number of benzene rings is 1. The maximum absolute atomic E-state index is 8.84. The lowest BCUT2D eigenvalue weighted by molar-refractivity contribution is 0.318. The molecule has 1 aliphatic rings. The van der Waals surface area contributed by atoms with Crippen molar-refractivity contribution < 1.29 is 9.94 Å². The van der Waals surface area contributed by atoms with E-state index in [0.717, 1.165) is 27.9 Å². The Balaban J connectivity index is 2.14. The van der Waals surface area contributed by atoms with Gasteiger partial charge in [0.25, 0.3) is 0 Å². The number of nitrogens with two attached hydrogens (primary N) is 1. The zero-order chi connectivity index (χ0) is 13.7. The van der Waals surface area contributed by atoms with Gasteiger partial charge in [-0.2, -0.15) is 0 Å². The number of oxime groups is 1. The monoisotopic (exact) mass is 280 g/mol. The molecule has 5 heteroatoms. The Morgan fingerprint density at radius 1 is 1.47 bits per heavy atom. The second-order valence-corrected chi connectivity index (χ2v) is 5.87. The predicted molar refractivity (Wildman–Crippen MR) is 78.2 cm³/mol. The Hall–Kier alpha value is -1.36. The average molecular weight is 280 g/mol. The van der Waals surface area contributed by atoms with Crippen LogP contribution in [0.25, 0.3) is 0 Å². The summed E-state index contributed by atoms with van der Waals surface area (Å²) in [6, 6.07) is 5.62. The van der Waals surface area contributed by atoms with Crippen LogP contribution < -0.4 is 10.5 Å². The molecule has 1 fully saturated rings. The van der Waals surface area contributed by atoms with Gasteiger partial charge < -0.3 is 15.7 Å². The van der Waals surface area contributed by atoms with Crippen LogP contribution in [-0.4, -0.2) is 23.9 Å². The van der Waals surface area contributed by atoms with E-state index in [-0.39, 0.29) is 5.84 Å². The molecule has 0 saturated heterocycles. The van der Waals surface area contributed by atoms with Crippen molar-refractivity contribution in [3.05, 3.63) is 23.8 Å². The lowest BCUT2D eigenvalue weighted by Crippen LogP contribution is -2.14. The summed E-state index contributed by atoms with van der Waals surface area (Å²) >= 11 is 1.77. The van der Waals surface area contributed by atoms with Crippen LogP contribution in [0.2, 0.25) is 0 Å². The molecule has 0 radical (unpaired) electrons. The molecule has 1 aliphatic carbocycles. The van der Waals surface area contributed by atoms with Crippen molar-refractivity contribution in [2.75, 3.05) is 12.9 Å². The average Bonchev–Trinajstić information content (AvgIpc) is 2.97. The fourth-order valence-electron chi connectivity index (χ4n) is 2.40. The Morgan fingerprint density at radius 3 is 2.84 bits per heavy atom. The number of amidine groups is 1. The molecule has 0 spiro atoms. The summed E-state index contributed by atoms with van der Waals surface area (Å²) in [7, 11) is 1.64. The van der Waals surface area contributed by atoms with E-state index in [0.29, 0.717) is 0 Å². The third kappa shape index (κ3) is 3.56. The number of thioether (sulfide) groups is 1. The van der Waals surface area contributed by atoms with E-state index in [1.54, 1.807) is 18.9 Å². The van der Waals surface area contributed by atoms with Gasteiger partial charge in [-0.1, -0.05) is 18.0 Å². The molecule has 2 rings (SSSR count). The van der Waals surface area contributed by atoms with Crippen molar-refractivity contribution in [3.63, 3.8) is 0 Å². The van der Waals surface area contributed by atoms with Crippen LogP contribution in [0.5, 0.6) is 5.75 Å². The van der Waals surface area contributed by atoms with Crippen molar-refractivity contribution in [3.8, 4) is 5.75 Å². The lowest BCUT2D eigenvalue weighted by atomic mass is 10.1. The summed E-state index contributed by atoms with van der Waals surface area (Å²) in [6.07, 6.45) is 5.32. The van der Waals surface area contributed by atoms with Crippen LogP contribution in [0.4, 0.5) is 0 Å². The highest BCUT2D eigenvalue weighted by molar-refractivity contribution is 7.99. The second-order valence-electron chi connectivity index (χ2n) is 4.81. The first-order valence-electron chi connectivity index (χ1n) is 6.53. The quantitative estimate of drug-likeness (QED) is 0.286. The highest BCUT2D eigenvalue weighted by Crippen LogP contribution is 2.33. The molecule has 0 aromatic heterocycles. The maximum atomic E-state index is 8.84. The summed E-state index contributed by atoms with van der Waals surface area (Å²) in [5.41, 5.74) is 6.49. The molecule has 0 atom stereocenters. The van der Waals surface area contributed by atoms with E-state index in [2.05, 4.69) is 5.16 Å². The van der Waals surface area contributed by atoms with Crippen LogP contribution in [-0.2, 0) is 0 Å². The van der Waals surface area contributed by atoms with Crippen LogP contribution in [0.3, 0.4) is 0 Å². The molecule has 0 heterocycles. The molecule has 0 unspecified atom stereocenters. The third-order valence-corrected chi connectivity index (χ3v) is 4.81. The number of ether oxygens (including phenoxy) is 1. The fraction of sp³-hybridized carbons (Fsp3) is 0.500. The van der Waals surface area contributed by atoms with Crippen molar-refractivity contribution in [2.45, 2.75) is 30.6 Å². The van der Waals surface area contributed by atoms with Gasteiger partial charge in [0.1, 0.15) is 5.75 Å². The van der Waals surface area contributed by atoms with Crippen LogP contribution in [0.15, 0.2) is 28.3 Å². The third-order valence-electron chi connectivity index (χ3n) is 3.52. The Labute approximate surface area is 118 Å². The number of nitrogens with zero attached hydrogens (tertiary/aromatic N) is 1. The molecule has 0 aliphatic heterocycles. The maximum Gasteiger partial charge on any atom is 0.171 e. The highest BCUT2D eigenvalue weighted by Gasteiger charge is 2.17. The molecular weight excluding hydrogens is 260 g/mol. The standard InChI is InChI=1S/C14H20N2O2S/c1-18-11-6-7-12(14(15)16-17)13(8-11)19-9-10-4-2-3-5-10/h6-8,10,17H,2-5,9H2,1H3,(H2,15,16). The van der Waals surface area contributed by atoms with Crippen LogP contribution in [0.1, 0.15) is 31.2 Å². The normalized spacial score (nSPS) is 16.8. The lowest BCUT2D eigenvalue weighted by Gasteiger charge is -2.12. The van der Waals surface area contributed by atoms with E-state index in [1.165, 1.54) is 25.7 Å². The van der Waals surface area contributed by atoms with Gasteiger partial charge in [-0.25, -0.2) is 0 Å². The summed E-state index contributed by atoms with van der Waals surface area (Å²) < 4.78 is 5.24. The predicted octanol–water partition coefficient (Wildman–Crippen LogP) is 3.07. The van der Waals surface area contributed by atoms with Crippen LogP contribution in [0, 0.1) is 5.92 Å². The topological polar surface area (TPSA) is 67.8 Å². The van der Waals surface area contributed by atoms with Crippen LogP contribution >= 0.6 is 11.8 Å². The van der Waals surface area contributed by atoms with Gasteiger partial charge in [0.2, 0.25) is 0 Å². The summed E-state index contributed by atoms with van der Waals surface area (Å²) in [6.45, 7) is 0. The van der Waals surface area contributed by atoms with Crippen molar-refractivity contribution in [1.29, 1.82) is 0 Å². The molecule has 19 heavy (non-hydrogen) atoms. The zero-order valence-corrected chi connectivity index (χ0v) is 11.9. The van der Waals surface area contributed by atoms with E-state index in [9.17, 15) is 0 Å². The van der Waals surface area contributed by atoms with E-state index in [4.69, 9.17) is 15.7 Å².